The first kappa shape index (κ1) is 17.5. The molecule has 1 amide bonds. The lowest BCUT2D eigenvalue weighted by molar-refractivity contribution is -0.126. The molecule has 0 atom stereocenters. The number of aromatic nitrogens is 1. The van der Waals surface area contributed by atoms with E-state index in [4.69, 9.17) is 0 Å². The van der Waals surface area contributed by atoms with Crippen LogP contribution < -0.4 is 4.90 Å². The number of rotatable bonds is 4. The Balaban J connectivity index is 1.34. The number of nitrogens with zero attached hydrogens (tertiary/aromatic N) is 3. The molecule has 3 heterocycles. The molecule has 3 aromatic rings. The first-order valence-electron chi connectivity index (χ1n) is 9.08. The Morgan fingerprint density at radius 2 is 1.70 bits per heavy atom. The minimum absolute atomic E-state index is 0.0744. The zero-order chi connectivity index (χ0) is 18.5. The topological polar surface area (TPSA) is 36.4 Å². The number of benzene rings is 1. The molecule has 0 bridgehead atoms. The molecule has 1 fully saturated rings. The van der Waals surface area contributed by atoms with Crippen molar-refractivity contribution in [2.24, 2.45) is 0 Å². The van der Waals surface area contributed by atoms with Gasteiger partial charge < -0.3 is 9.80 Å². The molecular formula is C22H21N3OS. The van der Waals surface area contributed by atoms with Gasteiger partial charge in [0.2, 0.25) is 5.91 Å². The van der Waals surface area contributed by atoms with Crippen LogP contribution in [0, 0.1) is 0 Å². The molecule has 0 N–H and O–H groups in total. The Hall–Kier alpha value is -2.92. The minimum Gasteiger partial charge on any atom is -0.353 e. The van der Waals surface area contributed by atoms with E-state index in [1.807, 2.05) is 47.4 Å². The fourth-order valence-corrected chi connectivity index (χ4v) is 4.07. The van der Waals surface area contributed by atoms with Crippen LogP contribution in [0.5, 0.6) is 0 Å². The average molecular weight is 375 g/mol. The van der Waals surface area contributed by atoms with E-state index in [2.05, 4.69) is 34.1 Å². The zero-order valence-electron chi connectivity index (χ0n) is 15.0. The van der Waals surface area contributed by atoms with Crippen LogP contribution in [0.4, 0.5) is 5.82 Å². The number of piperazine rings is 1. The molecule has 27 heavy (non-hydrogen) atoms. The molecule has 136 valence electrons. The zero-order valence-corrected chi connectivity index (χ0v) is 15.8. The first-order valence-corrected chi connectivity index (χ1v) is 9.89. The van der Waals surface area contributed by atoms with Crippen molar-refractivity contribution in [1.29, 1.82) is 0 Å². The summed E-state index contributed by atoms with van der Waals surface area (Å²) in [6.07, 6.45) is 5.42. The van der Waals surface area contributed by atoms with Crippen LogP contribution in [0.2, 0.25) is 0 Å². The number of hydrogen-bond donors (Lipinski definition) is 0. The van der Waals surface area contributed by atoms with Crippen molar-refractivity contribution in [2.75, 3.05) is 31.1 Å². The van der Waals surface area contributed by atoms with Gasteiger partial charge in [0.25, 0.3) is 0 Å². The minimum atomic E-state index is 0.0744. The van der Waals surface area contributed by atoms with Crippen LogP contribution in [-0.4, -0.2) is 42.0 Å². The third-order valence-corrected chi connectivity index (χ3v) is 5.74. The van der Waals surface area contributed by atoms with E-state index in [9.17, 15) is 4.79 Å². The maximum Gasteiger partial charge on any atom is 0.246 e. The predicted octanol–water partition coefficient (Wildman–Crippen LogP) is 4.17. The number of thiophene rings is 1. The third kappa shape index (κ3) is 4.26. The van der Waals surface area contributed by atoms with Crippen molar-refractivity contribution >= 4 is 29.1 Å². The average Bonchev–Trinajstić information content (AvgIpc) is 3.22. The van der Waals surface area contributed by atoms with Gasteiger partial charge in [0.1, 0.15) is 5.82 Å². The normalized spacial score (nSPS) is 14.7. The number of carbonyl (C=O) groups excluding carboxylic acids is 1. The summed E-state index contributed by atoms with van der Waals surface area (Å²) in [6, 6.07) is 20.4. The van der Waals surface area contributed by atoms with Gasteiger partial charge in [-0.25, -0.2) is 4.98 Å². The van der Waals surface area contributed by atoms with E-state index < -0.39 is 0 Å². The summed E-state index contributed by atoms with van der Waals surface area (Å²) in [6.45, 7) is 3.07. The first-order chi connectivity index (χ1) is 13.3. The largest absolute Gasteiger partial charge is 0.353 e. The fourth-order valence-electron chi connectivity index (χ4n) is 3.16. The second-order valence-electron chi connectivity index (χ2n) is 6.40. The summed E-state index contributed by atoms with van der Waals surface area (Å²) in [5.41, 5.74) is 1.21. The van der Waals surface area contributed by atoms with Gasteiger partial charge in [0.05, 0.1) is 0 Å². The highest BCUT2D eigenvalue weighted by molar-refractivity contribution is 7.16. The van der Waals surface area contributed by atoms with Gasteiger partial charge in [-0.2, -0.15) is 0 Å². The van der Waals surface area contributed by atoms with Gasteiger partial charge in [-0.1, -0.05) is 36.4 Å². The summed E-state index contributed by atoms with van der Waals surface area (Å²) in [4.78, 5) is 23.3. The molecule has 2 aromatic heterocycles. The molecule has 0 unspecified atom stereocenters. The van der Waals surface area contributed by atoms with Crippen LogP contribution in [0.3, 0.4) is 0 Å². The van der Waals surface area contributed by atoms with Gasteiger partial charge >= 0.3 is 0 Å². The number of hydrogen-bond acceptors (Lipinski definition) is 4. The quantitative estimate of drug-likeness (QED) is 0.642. The Bertz CT molecular complexity index is 913. The number of amides is 1. The van der Waals surface area contributed by atoms with Crippen LogP contribution in [0.1, 0.15) is 4.88 Å². The lowest BCUT2D eigenvalue weighted by atomic mass is 10.2. The molecule has 0 spiro atoms. The highest BCUT2D eigenvalue weighted by atomic mass is 32.1. The summed E-state index contributed by atoms with van der Waals surface area (Å²) >= 11 is 1.70. The van der Waals surface area contributed by atoms with E-state index in [0.29, 0.717) is 0 Å². The molecular weight excluding hydrogens is 354 g/mol. The highest BCUT2D eigenvalue weighted by Gasteiger charge is 2.20. The van der Waals surface area contributed by atoms with Crippen LogP contribution in [-0.2, 0) is 4.79 Å². The van der Waals surface area contributed by atoms with Gasteiger partial charge in [-0.3, -0.25) is 4.79 Å². The Morgan fingerprint density at radius 3 is 2.44 bits per heavy atom. The molecule has 4 rings (SSSR count). The van der Waals surface area contributed by atoms with E-state index in [0.717, 1.165) is 36.9 Å². The maximum atomic E-state index is 12.5. The summed E-state index contributed by atoms with van der Waals surface area (Å²) in [7, 11) is 0. The molecule has 0 aliphatic carbocycles. The molecule has 1 aliphatic rings. The molecule has 1 saturated heterocycles. The SMILES string of the molecule is O=C(C=Cc1ccc(-c2ccccc2)s1)N1CCN(c2ccccn2)CC1. The Labute approximate surface area is 163 Å². The number of carbonyl (C=O) groups is 1. The smallest absolute Gasteiger partial charge is 0.246 e. The molecule has 1 aromatic carbocycles. The Kier molecular flexibility index (Phi) is 5.30. The van der Waals surface area contributed by atoms with Crippen molar-refractivity contribution in [3.05, 3.63) is 77.8 Å². The van der Waals surface area contributed by atoms with Gasteiger partial charge in [0.15, 0.2) is 0 Å². The predicted molar refractivity (Wildman–Crippen MR) is 112 cm³/mol. The fraction of sp³-hybridized carbons (Fsp3) is 0.182. The lowest BCUT2D eigenvalue weighted by Crippen LogP contribution is -2.48. The summed E-state index contributed by atoms with van der Waals surface area (Å²) < 4.78 is 0. The van der Waals surface area contributed by atoms with Gasteiger partial charge in [-0.15, -0.1) is 11.3 Å². The van der Waals surface area contributed by atoms with Crippen molar-refractivity contribution < 1.29 is 4.79 Å². The van der Waals surface area contributed by atoms with E-state index >= 15 is 0 Å². The second-order valence-corrected chi connectivity index (χ2v) is 7.52. The van der Waals surface area contributed by atoms with Crippen molar-refractivity contribution in [2.45, 2.75) is 0 Å². The summed E-state index contributed by atoms with van der Waals surface area (Å²) in [5, 5.41) is 0. The van der Waals surface area contributed by atoms with Crippen molar-refractivity contribution in [3.8, 4) is 10.4 Å². The standard InChI is InChI=1S/C22H21N3OS/c26-22(25-16-14-24(15-17-25)21-8-4-5-13-23-21)12-10-19-9-11-20(27-19)18-6-2-1-3-7-18/h1-13H,14-17H2. The molecule has 5 heteroatoms. The molecule has 4 nitrogen and oxygen atoms in total. The van der Waals surface area contributed by atoms with Crippen LogP contribution >= 0.6 is 11.3 Å². The number of anilines is 1. The molecule has 1 aliphatic heterocycles. The van der Waals surface area contributed by atoms with Crippen LogP contribution in [0.25, 0.3) is 16.5 Å². The second kappa shape index (κ2) is 8.18. The van der Waals surface area contributed by atoms with E-state index in [-0.39, 0.29) is 5.91 Å². The monoisotopic (exact) mass is 375 g/mol. The van der Waals surface area contributed by atoms with E-state index in [1.54, 1.807) is 23.6 Å². The Morgan fingerprint density at radius 1 is 0.926 bits per heavy atom. The molecule has 0 radical (unpaired) electrons. The van der Waals surface area contributed by atoms with E-state index in [1.165, 1.54) is 10.4 Å². The van der Waals surface area contributed by atoms with Crippen molar-refractivity contribution in [3.63, 3.8) is 0 Å². The highest BCUT2D eigenvalue weighted by Crippen LogP contribution is 2.28. The third-order valence-electron chi connectivity index (χ3n) is 4.64. The maximum absolute atomic E-state index is 12.5. The van der Waals surface area contributed by atoms with Crippen LogP contribution in [0.15, 0.2) is 72.9 Å². The molecule has 0 saturated carbocycles. The van der Waals surface area contributed by atoms with Crippen molar-refractivity contribution in [1.82, 2.24) is 9.88 Å². The summed E-state index contributed by atoms with van der Waals surface area (Å²) in [5.74, 6) is 1.05. The van der Waals surface area contributed by atoms with Gasteiger partial charge in [-0.05, 0) is 35.9 Å². The van der Waals surface area contributed by atoms with Gasteiger partial charge in [0, 0.05) is 48.2 Å². The number of pyridine rings is 1. The lowest BCUT2D eigenvalue weighted by Gasteiger charge is -2.34.